The number of hydrogen-bond donors (Lipinski definition) is 0. The maximum Gasteiger partial charge on any atom is 0.00471 e. The van der Waals surface area contributed by atoms with Gasteiger partial charge in [0.2, 0.25) is 0 Å². The van der Waals surface area contributed by atoms with Crippen molar-refractivity contribution in [3.8, 4) is 0 Å². The van der Waals surface area contributed by atoms with E-state index in [0.717, 1.165) is 0 Å². The predicted molar refractivity (Wildman–Crippen MR) is 87.5 cm³/mol. The van der Waals surface area contributed by atoms with Gasteiger partial charge in [-0.05, 0) is 47.2 Å². The van der Waals surface area contributed by atoms with Gasteiger partial charge in [0.15, 0.2) is 0 Å². The summed E-state index contributed by atoms with van der Waals surface area (Å²) in [6.07, 6.45) is 15.9. The first-order valence-electron chi connectivity index (χ1n) is 8.15. The van der Waals surface area contributed by atoms with E-state index in [1.165, 1.54) is 24.8 Å². The normalized spacial score (nSPS) is 34.9. The molecule has 0 N–H and O–H groups in total. The van der Waals surface area contributed by atoms with E-state index in [1.54, 1.807) is 11.1 Å². The average Bonchev–Trinajstić information content (AvgIpc) is 3.03. The lowest BCUT2D eigenvalue weighted by Gasteiger charge is -2.45. The van der Waals surface area contributed by atoms with Crippen LogP contribution in [-0.4, -0.2) is 0 Å². The molecule has 0 saturated heterocycles. The molecule has 2 unspecified atom stereocenters. The topological polar surface area (TPSA) is 0 Å². The van der Waals surface area contributed by atoms with Crippen LogP contribution in [0.1, 0.15) is 53.9 Å². The molecule has 0 bridgehead atoms. The third-order valence-corrected chi connectivity index (χ3v) is 5.89. The van der Waals surface area contributed by atoms with Crippen molar-refractivity contribution in [1.82, 2.24) is 0 Å². The highest BCUT2D eigenvalue weighted by Crippen LogP contribution is 2.57. The second kappa shape index (κ2) is 4.48. The molecule has 3 aliphatic carbocycles. The molecule has 0 nitrogen and oxygen atoms in total. The van der Waals surface area contributed by atoms with Gasteiger partial charge in [0.1, 0.15) is 0 Å². The summed E-state index contributed by atoms with van der Waals surface area (Å²) in [5.41, 5.74) is 5.57. The van der Waals surface area contributed by atoms with Gasteiger partial charge < -0.3 is 0 Å². The zero-order chi connectivity index (χ0) is 14.5. The maximum absolute atomic E-state index is 2.53. The van der Waals surface area contributed by atoms with E-state index in [1.807, 2.05) is 0 Å². The number of rotatable bonds is 2. The Labute approximate surface area is 124 Å². The minimum Gasteiger partial charge on any atom is -0.0801 e. The molecule has 0 aromatic rings. The highest BCUT2D eigenvalue weighted by Gasteiger charge is 2.45. The molecule has 0 amide bonds. The van der Waals surface area contributed by atoms with Gasteiger partial charge in [-0.2, -0.15) is 0 Å². The Morgan fingerprint density at radius 1 is 1.10 bits per heavy atom. The monoisotopic (exact) mass is 268 g/mol. The highest BCUT2D eigenvalue weighted by molar-refractivity contribution is 5.46. The van der Waals surface area contributed by atoms with E-state index in [-0.39, 0.29) is 0 Å². The largest absolute Gasteiger partial charge is 0.0801 e. The Hall–Kier alpha value is -1.04. The molecule has 20 heavy (non-hydrogen) atoms. The lowest BCUT2D eigenvalue weighted by Crippen LogP contribution is -2.35. The summed E-state index contributed by atoms with van der Waals surface area (Å²) in [6, 6.07) is 0. The van der Waals surface area contributed by atoms with Crippen LogP contribution in [0, 0.1) is 22.7 Å². The van der Waals surface area contributed by atoms with Gasteiger partial charge in [0, 0.05) is 5.92 Å². The summed E-state index contributed by atoms with van der Waals surface area (Å²) in [7, 11) is 0. The summed E-state index contributed by atoms with van der Waals surface area (Å²) < 4.78 is 0. The van der Waals surface area contributed by atoms with E-state index in [9.17, 15) is 0 Å². The molecule has 0 spiro atoms. The Morgan fingerprint density at radius 3 is 2.50 bits per heavy atom. The molecule has 2 atom stereocenters. The summed E-state index contributed by atoms with van der Waals surface area (Å²) in [6.45, 7) is 11.9. The van der Waals surface area contributed by atoms with Crippen molar-refractivity contribution in [2.24, 2.45) is 22.7 Å². The molecule has 0 aromatic carbocycles. The van der Waals surface area contributed by atoms with Crippen LogP contribution in [0.2, 0.25) is 0 Å². The second-order valence-corrected chi connectivity index (χ2v) is 8.01. The molecule has 0 fully saturated rings. The van der Waals surface area contributed by atoms with Crippen molar-refractivity contribution in [2.75, 3.05) is 0 Å². The SMILES string of the molecule is CC(C)C1=CC(C2(C)CCC(C)(C)C3=C2CC=C3)C=C1. The zero-order valence-electron chi connectivity index (χ0n) is 13.7. The standard InChI is InChI=1S/C20H28/c1-14(2)15-9-10-16(13-15)20(5)12-11-19(3,4)17-7-6-8-18(17)20/h6-7,9-10,13-14,16H,8,11-12H2,1-5H3. The lowest BCUT2D eigenvalue weighted by atomic mass is 9.58. The van der Waals surface area contributed by atoms with E-state index < -0.39 is 0 Å². The van der Waals surface area contributed by atoms with Crippen LogP contribution in [0.25, 0.3) is 0 Å². The van der Waals surface area contributed by atoms with Crippen molar-refractivity contribution in [1.29, 1.82) is 0 Å². The first-order valence-corrected chi connectivity index (χ1v) is 8.15. The minimum atomic E-state index is 0.335. The minimum absolute atomic E-state index is 0.335. The van der Waals surface area contributed by atoms with E-state index in [4.69, 9.17) is 0 Å². The van der Waals surface area contributed by atoms with Crippen molar-refractivity contribution in [3.63, 3.8) is 0 Å². The van der Waals surface area contributed by atoms with Gasteiger partial charge in [0.25, 0.3) is 0 Å². The van der Waals surface area contributed by atoms with Crippen LogP contribution in [0.4, 0.5) is 0 Å². The van der Waals surface area contributed by atoms with Gasteiger partial charge in [-0.15, -0.1) is 0 Å². The van der Waals surface area contributed by atoms with Gasteiger partial charge in [0.05, 0.1) is 0 Å². The third-order valence-electron chi connectivity index (χ3n) is 5.89. The zero-order valence-corrected chi connectivity index (χ0v) is 13.7. The fraction of sp³-hybridized carbons (Fsp3) is 0.600. The first-order chi connectivity index (χ1) is 9.34. The Bertz CT molecular complexity index is 536. The first kappa shape index (κ1) is 13.9. The summed E-state index contributed by atoms with van der Waals surface area (Å²) in [5.74, 6) is 1.25. The highest BCUT2D eigenvalue weighted by atomic mass is 14.5. The van der Waals surface area contributed by atoms with Gasteiger partial charge in [-0.25, -0.2) is 0 Å². The molecule has 3 rings (SSSR count). The fourth-order valence-electron chi connectivity index (χ4n) is 4.22. The molecule has 108 valence electrons. The van der Waals surface area contributed by atoms with Crippen molar-refractivity contribution in [3.05, 3.63) is 47.1 Å². The summed E-state index contributed by atoms with van der Waals surface area (Å²) in [5, 5.41) is 0. The molecule has 0 aliphatic heterocycles. The average molecular weight is 268 g/mol. The number of allylic oxidation sites excluding steroid dienone is 8. The molecule has 0 radical (unpaired) electrons. The third kappa shape index (κ3) is 1.96. The van der Waals surface area contributed by atoms with Crippen molar-refractivity contribution < 1.29 is 0 Å². The van der Waals surface area contributed by atoms with Crippen LogP contribution in [0.3, 0.4) is 0 Å². The molecular formula is C20H28. The summed E-state index contributed by atoms with van der Waals surface area (Å²) >= 11 is 0. The Balaban J connectivity index is 1.99. The predicted octanol–water partition coefficient (Wildman–Crippen LogP) is 5.84. The molecule has 0 heteroatoms. The fourth-order valence-corrected chi connectivity index (χ4v) is 4.22. The second-order valence-electron chi connectivity index (χ2n) is 8.01. The van der Waals surface area contributed by atoms with E-state index >= 15 is 0 Å². The molecule has 0 saturated carbocycles. The quantitative estimate of drug-likeness (QED) is 0.590. The maximum atomic E-state index is 2.53. The van der Waals surface area contributed by atoms with Gasteiger partial charge in [-0.3, -0.25) is 0 Å². The summed E-state index contributed by atoms with van der Waals surface area (Å²) in [4.78, 5) is 0. The molecule has 3 aliphatic rings. The van der Waals surface area contributed by atoms with Crippen molar-refractivity contribution in [2.45, 2.75) is 53.9 Å². The number of hydrogen-bond acceptors (Lipinski definition) is 0. The van der Waals surface area contributed by atoms with Crippen molar-refractivity contribution >= 4 is 0 Å². The molecule has 0 aromatic heterocycles. The van der Waals surface area contributed by atoms with Crippen LogP contribution in [-0.2, 0) is 0 Å². The van der Waals surface area contributed by atoms with E-state index in [0.29, 0.717) is 22.7 Å². The van der Waals surface area contributed by atoms with Crippen LogP contribution in [0.5, 0.6) is 0 Å². The Kier molecular flexibility index (Phi) is 3.12. The van der Waals surface area contributed by atoms with Crippen LogP contribution in [0.15, 0.2) is 47.1 Å². The van der Waals surface area contributed by atoms with Crippen LogP contribution < -0.4 is 0 Å². The smallest absolute Gasteiger partial charge is 0.00471 e. The van der Waals surface area contributed by atoms with Gasteiger partial charge >= 0.3 is 0 Å². The molecular weight excluding hydrogens is 240 g/mol. The Morgan fingerprint density at radius 2 is 1.85 bits per heavy atom. The van der Waals surface area contributed by atoms with Gasteiger partial charge in [-0.1, -0.05) is 70.6 Å². The lowest BCUT2D eigenvalue weighted by molar-refractivity contribution is 0.217. The van der Waals surface area contributed by atoms with Crippen LogP contribution >= 0.6 is 0 Å². The van der Waals surface area contributed by atoms with E-state index in [2.05, 4.69) is 65.0 Å². The molecule has 0 heterocycles.